The summed E-state index contributed by atoms with van der Waals surface area (Å²) < 4.78 is 0. The maximum absolute atomic E-state index is 15.1. The number of aliphatic carboxylic acids is 3. The highest BCUT2D eigenvalue weighted by Crippen LogP contribution is 2.26. The van der Waals surface area contributed by atoms with Gasteiger partial charge in [-0.2, -0.15) is 0 Å². The summed E-state index contributed by atoms with van der Waals surface area (Å²) in [5.74, 6) is -13.5. The minimum Gasteiger partial charge on any atom is -0.481 e. The van der Waals surface area contributed by atoms with Gasteiger partial charge in [-0.3, -0.25) is 62.5 Å². The molecule has 30 nitrogen and oxygen atoms in total. The molecule has 0 unspecified atom stereocenters. The third kappa shape index (κ3) is 22.2. The summed E-state index contributed by atoms with van der Waals surface area (Å²) in [6, 6.07) is 3.02. The van der Waals surface area contributed by atoms with Crippen molar-refractivity contribution in [1.82, 2.24) is 51.9 Å². The van der Waals surface area contributed by atoms with E-state index in [9.17, 15) is 72.9 Å². The molecule has 0 radical (unpaired) electrons. The van der Waals surface area contributed by atoms with Gasteiger partial charge in [-0.1, -0.05) is 109 Å². The molecule has 30 heteroatoms. The zero-order valence-corrected chi connectivity index (χ0v) is 54.3. The number of guanidine groups is 1. The molecule has 2 aromatic rings. The van der Waals surface area contributed by atoms with Gasteiger partial charge < -0.3 is 84.4 Å². The molecule has 12 atom stereocenters. The summed E-state index contributed by atoms with van der Waals surface area (Å²) in [5, 5.41) is 47.0. The predicted molar refractivity (Wildman–Crippen MR) is 342 cm³/mol. The van der Waals surface area contributed by atoms with E-state index in [1.165, 1.54) is 14.7 Å². The molecular formula is C64H94N14O16. The lowest BCUT2D eigenvalue weighted by molar-refractivity contribution is -0.148. The van der Waals surface area contributed by atoms with Gasteiger partial charge in [0.1, 0.15) is 60.4 Å². The number of benzene rings is 2. The molecule has 3 aliphatic heterocycles. The Hall–Kier alpha value is -9.22. The lowest BCUT2D eigenvalue weighted by atomic mass is 9.97. The van der Waals surface area contributed by atoms with Gasteiger partial charge in [0.25, 0.3) is 0 Å². The summed E-state index contributed by atoms with van der Waals surface area (Å²) >= 11 is 0. The molecule has 0 saturated carbocycles. The maximum atomic E-state index is 15.1. The smallest absolute Gasteiger partial charge is 0.326 e. The van der Waals surface area contributed by atoms with Crippen LogP contribution in [0, 0.1) is 17.8 Å². The molecule has 0 spiro atoms. The monoisotopic (exact) mass is 1310 g/mol. The largest absolute Gasteiger partial charge is 0.481 e. The molecular weight excluding hydrogens is 1220 g/mol. The van der Waals surface area contributed by atoms with E-state index < -0.39 is 168 Å². The number of nitrogens with two attached hydrogens (primary N) is 3. The number of rotatable bonds is 35. The van der Waals surface area contributed by atoms with Crippen molar-refractivity contribution < 1.29 is 77.6 Å². The van der Waals surface area contributed by atoms with Gasteiger partial charge in [0.15, 0.2) is 5.96 Å². The highest BCUT2D eigenvalue weighted by Gasteiger charge is 2.45. The fourth-order valence-corrected chi connectivity index (χ4v) is 11.8. The first-order valence-corrected chi connectivity index (χ1v) is 32.1. The van der Waals surface area contributed by atoms with Gasteiger partial charge in [0.2, 0.25) is 59.1 Å². The van der Waals surface area contributed by atoms with E-state index in [1.54, 1.807) is 102 Å². The number of nitrogens with one attached hydrogen (secondary N) is 7. The zero-order chi connectivity index (χ0) is 69.5. The van der Waals surface area contributed by atoms with Crippen molar-refractivity contribution in [2.24, 2.45) is 39.9 Å². The number of carboxylic acids is 3. The van der Waals surface area contributed by atoms with E-state index in [2.05, 4.69) is 42.2 Å². The standard InChI is InChI=1S/C64H94N14O16/c1-7-37(6)52(59(89)73-45(63(93)94)34-50(81)82)75-58(88)48-25-17-29-78(48)62(92)51(36(4)5)74-57(87)47-24-16-28-77(47)61(91)44(32-39-20-12-9-13-21-39)72-54(84)41(31-38-18-10-8-11-19-38)70-56(86)46-23-15-27-76(46)60(90)43(30-35(2)3)71-55(85)42(33-49(79)80)69-53(83)40(65)22-14-26-68-64(66)67/h8-13,18-21,35-37,40-48,51-52H,7,14-17,22-34,65H2,1-6H3,(H,69,83)(H,70,86)(H,71,85)(H,72,84)(H,73,89)(H,74,87)(H,75,88)(H,79,80)(H,81,82)(H,93,94)(H4,66,67,68)/t37-,40-,41-,42-,43-,44-,45-,46-,47-,48-,51-,52-/m0/s1. The summed E-state index contributed by atoms with van der Waals surface area (Å²) in [4.78, 5) is 186. The second-order valence-electron chi connectivity index (χ2n) is 25.1. The number of amides is 10. The van der Waals surface area contributed by atoms with Crippen molar-refractivity contribution in [2.45, 2.75) is 198 Å². The quantitative estimate of drug-likeness (QED) is 0.0224. The number of carbonyl (C=O) groups is 13. The average Bonchev–Trinajstić information content (AvgIpc) is 1.60. The fourth-order valence-electron chi connectivity index (χ4n) is 11.8. The lowest BCUT2D eigenvalue weighted by Crippen LogP contribution is -2.61. The van der Waals surface area contributed by atoms with Crippen molar-refractivity contribution in [3.8, 4) is 0 Å². The van der Waals surface area contributed by atoms with Crippen LogP contribution in [0.2, 0.25) is 0 Å². The van der Waals surface area contributed by atoms with Gasteiger partial charge in [0, 0.05) is 39.0 Å². The molecule has 0 aliphatic carbocycles. The zero-order valence-electron chi connectivity index (χ0n) is 54.3. The van der Waals surface area contributed by atoms with E-state index in [1.807, 2.05) is 0 Å². The van der Waals surface area contributed by atoms with Gasteiger partial charge in [-0.05, 0) is 86.7 Å². The predicted octanol–water partition coefficient (Wildman–Crippen LogP) is -0.999. The van der Waals surface area contributed by atoms with Gasteiger partial charge >= 0.3 is 17.9 Å². The minimum absolute atomic E-state index is 0.0453. The molecule has 94 heavy (non-hydrogen) atoms. The minimum atomic E-state index is -1.78. The van der Waals surface area contributed by atoms with Crippen LogP contribution in [0.5, 0.6) is 0 Å². The van der Waals surface area contributed by atoms with E-state index in [0.29, 0.717) is 43.2 Å². The Bertz CT molecular complexity index is 3040. The second kappa shape index (κ2) is 36.3. The van der Waals surface area contributed by atoms with Crippen LogP contribution in [0.3, 0.4) is 0 Å². The number of likely N-dealkylation sites (tertiary alicyclic amines) is 3. The molecule has 516 valence electrons. The number of carbonyl (C=O) groups excluding carboxylic acids is 10. The molecule has 3 aliphatic rings. The Morgan fingerprint density at radius 1 is 0.521 bits per heavy atom. The Kier molecular flexibility index (Phi) is 29.1. The van der Waals surface area contributed by atoms with Crippen LogP contribution in [0.1, 0.15) is 130 Å². The fraction of sp³-hybridized carbons (Fsp3) is 0.594. The van der Waals surface area contributed by atoms with Crippen molar-refractivity contribution >= 4 is 82.9 Å². The summed E-state index contributed by atoms with van der Waals surface area (Å²) in [5.41, 5.74) is 18.0. The van der Waals surface area contributed by atoms with Crippen LogP contribution in [0.15, 0.2) is 65.7 Å². The van der Waals surface area contributed by atoms with Crippen molar-refractivity contribution in [1.29, 1.82) is 0 Å². The molecule has 16 N–H and O–H groups in total. The third-order valence-corrected chi connectivity index (χ3v) is 17.0. The average molecular weight is 1320 g/mol. The Labute approximate surface area is 546 Å². The molecule has 3 fully saturated rings. The first-order valence-electron chi connectivity index (χ1n) is 32.1. The molecule has 3 saturated heterocycles. The van der Waals surface area contributed by atoms with Crippen molar-refractivity contribution in [3.05, 3.63) is 71.8 Å². The second-order valence-corrected chi connectivity index (χ2v) is 25.1. The Balaban J connectivity index is 1.35. The van der Waals surface area contributed by atoms with Crippen molar-refractivity contribution in [3.63, 3.8) is 0 Å². The summed E-state index contributed by atoms with van der Waals surface area (Å²) in [6.45, 7) is 10.8. The highest BCUT2D eigenvalue weighted by atomic mass is 16.4. The first kappa shape index (κ1) is 75.5. The highest BCUT2D eigenvalue weighted by molar-refractivity contribution is 6.00. The van der Waals surface area contributed by atoms with Crippen LogP contribution in [0.4, 0.5) is 0 Å². The normalized spacial score (nSPS) is 19.0. The van der Waals surface area contributed by atoms with Gasteiger partial charge in [0.05, 0.1) is 18.9 Å². The summed E-state index contributed by atoms with van der Waals surface area (Å²) in [7, 11) is 0. The number of hydrogen-bond acceptors (Lipinski definition) is 15. The first-order chi connectivity index (χ1) is 44.5. The Morgan fingerprint density at radius 2 is 0.947 bits per heavy atom. The van der Waals surface area contributed by atoms with Crippen molar-refractivity contribution in [2.75, 3.05) is 26.2 Å². The van der Waals surface area contributed by atoms with E-state index in [0.717, 1.165) is 0 Å². The van der Waals surface area contributed by atoms with Crippen LogP contribution in [0.25, 0.3) is 0 Å². The van der Waals surface area contributed by atoms with Crippen LogP contribution in [-0.2, 0) is 75.2 Å². The molecule has 5 rings (SSSR count). The van der Waals surface area contributed by atoms with Gasteiger partial charge in [-0.25, -0.2) is 4.79 Å². The SMILES string of the molecule is CC[C@H](C)[C@H](NC(=O)[C@@H]1CCCN1C(=O)[C@@H](NC(=O)[C@@H]1CCCN1C(=O)[C@H](Cc1ccccc1)NC(=O)[C@H](Cc1ccccc1)NC(=O)[C@@H]1CCCN1C(=O)[C@H](CC(C)C)NC(=O)[C@H](CC(=O)O)NC(=O)[C@@H](N)CCCN=C(N)N)C(C)C)C(=O)N[C@@H](CC(=O)O)C(=O)O. The van der Waals surface area contributed by atoms with E-state index >= 15 is 4.79 Å². The molecule has 2 aromatic carbocycles. The Morgan fingerprint density at radius 3 is 1.41 bits per heavy atom. The van der Waals surface area contributed by atoms with E-state index in [4.69, 9.17) is 17.2 Å². The van der Waals surface area contributed by atoms with Crippen LogP contribution < -0.4 is 54.4 Å². The molecule has 0 bridgehead atoms. The lowest BCUT2D eigenvalue weighted by Gasteiger charge is -2.34. The molecule has 3 heterocycles. The number of aliphatic imine (C=N–C) groups is 1. The number of nitrogens with zero attached hydrogens (tertiary/aromatic N) is 4. The van der Waals surface area contributed by atoms with E-state index in [-0.39, 0.29) is 83.0 Å². The third-order valence-electron chi connectivity index (χ3n) is 17.0. The molecule has 10 amide bonds. The van der Waals surface area contributed by atoms with Gasteiger partial charge in [-0.15, -0.1) is 0 Å². The number of carboxylic acid groups (broad SMARTS) is 3. The van der Waals surface area contributed by atoms with Crippen LogP contribution in [-0.4, -0.2) is 206 Å². The van der Waals surface area contributed by atoms with Crippen LogP contribution >= 0.6 is 0 Å². The topological polar surface area (TPSA) is 467 Å². The number of hydrogen-bond donors (Lipinski definition) is 13. The molecule has 0 aromatic heterocycles. The maximum Gasteiger partial charge on any atom is 0.326 e. The summed E-state index contributed by atoms with van der Waals surface area (Å²) in [6.07, 6.45) is 0.476.